The summed E-state index contributed by atoms with van der Waals surface area (Å²) in [6.07, 6.45) is 0. The second kappa shape index (κ2) is 13.4. The number of hydrogen-bond donors (Lipinski definition) is 0. The Bertz CT molecular complexity index is 2910. The number of para-hydroxylation sites is 1. The third-order valence-electron chi connectivity index (χ3n) is 10.3. The van der Waals surface area contributed by atoms with Crippen LogP contribution in [0.1, 0.15) is 0 Å². The van der Waals surface area contributed by atoms with Gasteiger partial charge < -0.3 is 9.32 Å². The zero-order valence-electron chi connectivity index (χ0n) is 29.4. The molecule has 54 heavy (non-hydrogen) atoms. The minimum absolute atomic E-state index is 0.625. The SMILES string of the molecule is c1ccc(-c2ccc3ccc(N(c4ccc(-c5cccc6ccccc56)cc4)c4ccc(-c5cccc6nc(-c7ccccc7)oc56)cc4)cc3c2)cc1. The molecule has 0 radical (unpaired) electrons. The molecule has 0 N–H and O–H groups in total. The fourth-order valence-electron chi connectivity index (χ4n) is 7.57. The maximum absolute atomic E-state index is 6.39. The predicted octanol–water partition coefficient (Wildman–Crippen LogP) is 14.3. The van der Waals surface area contributed by atoms with E-state index in [1.54, 1.807) is 0 Å². The first-order chi connectivity index (χ1) is 26.7. The van der Waals surface area contributed by atoms with E-state index in [9.17, 15) is 0 Å². The van der Waals surface area contributed by atoms with Gasteiger partial charge in [-0.1, -0.05) is 146 Å². The summed E-state index contributed by atoms with van der Waals surface area (Å²) in [4.78, 5) is 7.16. The molecule has 0 spiro atoms. The van der Waals surface area contributed by atoms with Crippen LogP contribution in [0.4, 0.5) is 17.1 Å². The zero-order chi connectivity index (χ0) is 35.8. The molecule has 0 amide bonds. The second-order valence-corrected chi connectivity index (χ2v) is 13.6. The largest absolute Gasteiger partial charge is 0.435 e. The number of rotatable bonds is 7. The number of oxazole rings is 1. The Hall–Kier alpha value is -7.23. The van der Waals surface area contributed by atoms with Crippen LogP contribution in [0.25, 0.3) is 77.5 Å². The average Bonchev–Trinajstić information content (AvgIpc) is 3.70. The van der Waals surface area contributed by atoms with Crippen LogP contribution in [0.15, 0.2) is 211 Å². The standard InChI is InChI=1S/C51H34N2O/c1-3-11-35(12-4-1)41-22-21-36-23-32-45(34-42(36)33-41)53(43-28-24-38(25-29-43)47-18-9-16-37-13-7-8-17-46(37)47)44-30-26-39(27-31-44)48-19-10-20-49-50(48)54-51(52-49)40-14-5-2-6-15-40/h1-34H. The van der Waals surface area contributed by atoms with E-state index >= 15 is 0 Å². The number of fused-ring (bicyclic) bond motifs is 3. The lowest BCUT2D eigenvalue weighted by Crippen LogP contribution is -2.09. The first-order valence-corrected chi connectivity index (χ1v) is 18.3. The molecule has 3 nitrogen and oxygen atoms in total. The number of benzene rings is 9. The highest BCUT2D eigenvalue weighted by molar-refractivity contribution is 5.98. The van der Waals surface area contributed by atoms with Crippen LogP contribution in [0.3, 0.4) is 0 Å². The first-order valence-electron chi connectivity index (χ1n) is 18.3. The monoisotopic (exact) mass is 690 g/mol. The van der Waals surface area contributed by atoms with E-state index < -0.39 is 0 Å². The molecule has 0 atom stereocenters. The van der Waals surface area contributed by atoms with Crippen LogP contribution in [0.2, 0.25) is 0 Å². The van der Waals surface area contributed by atoms with Gasteiger partial charge >= 0.3 is 0 Å². The third-order valence-corrected chi connectivity index (χ3v) is 10.3. The molecule has 1 heterocycles. The molecule has 0 aliphatic rings. The Morgan fingerprint density at radius 3 is 1.69 bits per heavy atom. The van der Waals surface area contributed by atoms with E-state index in [1.807, 2.05) is 42.5 Å². The van der Waals surface area contributed by atoms with Gasteiger partial charge in [-0.15, -0.1) is 0 Å². The van der Waals surface area contributed by atoms with Crippen molar-refractivity contribution >= 4 is 49.7 Å². The lowest BCUT2D eigenvalue weighted by atomic mass is 9.98. The van der Waals surface area contributed by atoms with Crippen molar-refractivity contribution in [2.75, 3.05) is 4.90 Å². The highest BCUT2D eigenvalue weighted by Gasteiger charge is 2.17. The van der Waals surface area contributed by atoms with Gasteiger partial charge in [0.1, 0.15) is 5.52 Å². The summed E-state index contributed by atoms with van der Waals surface area (Å²) < 4.78 is 6.39. The average molecular weight is 691 g/mol. The van der Waals surface area contributed by atoms with Crippen molar-refractivity contribution in [1.82, 2.24) is 4.98 Å². The molecule has 10 aromatic rings. The molecule has 0 aliphatic heterocycles. The van der Waals surface area contributed by atoms with Gasteiger partial charge in [-0.05, 0) is 110 Å². The lowest BCUT2D eigenvalue weighted by molar-refractivity contribution is 0.621. The second-order valence-electron chi connectivity index (χ2n) is 13.6. The number of anilines is 3. The molecule has 0 bridgehead atoms. The quantitative estimate of drug-likeness (QED) is 0.167. The summed E-state index contributed by atoms with van der Waals surface area (Å²) in [5.41, 5.74) is 12.7. The number of nitrogens with zero attached hydrogens (tertiary/aromatic N) is 2. The molecular weight excluding hydrogens is 657 g/mol. The fraction of sp³-hybridized carbons (Fsp3) is 0. The van der Waals surface area contributed by atoms with Crippen molar-refractivity contribution < 1.29 is 4.42 Å². The smallest absolute Gasteiger partial charge is 0.227 e. The van der Waals surface area contributed by atoms with Gasteiger partial charge in [0.05, 0.1) is 0 Å². The van der Waals surface area contributed by atoms with E-state index in [-0.39, 0.29) is 0 Å². The summed E-state index contributed by atoms with van der Waals surface area (Å²) >= 11 is 0. The van der Waals surface area contributed by atoms with Crippen LogP contribution >= 0.6 is 0 Å². The number of aromatic nitrogens is 1. The Morgan fingerprint density at radius 1 is 0.352 bits per heavy atom. The van der Waals surface area contributed by atoms with Gasteiger partial charge in [-0.3, -0.25) is 0 Å². The highest BCUT2D eigenvalue weighted by atomic mass is 16.3. The Kier molecular flexibility index (Phi) is 7.81. The minimum atomic E-state index is 0.625. The van der Waals surface area contributed by atoms with Crippen LogP contribution in [-0.4, -0.2) is 4.98 Å². The van der Waals surface area contributed by atoms with Crippen LogP contribution in [0, 0.1) is 0 Å². The number of hydrogen-bond acceptors (Lipinski definition) is 3. The van der Waals surface area contributed by atoms with Gasteiger partial charge in [0.2, 0.25) is 5.89 Å². The van der Waals surface area contributed by atoms with Crippen molar-refractivity contribution in [3.8, 4) is 44.8 Å². The molecule has 0 aliphatic carbocycles. The third kappa shape index (κ3) is 5.78. The van der Waals surface area contributed by atoms with Crippen LogP contribution < -0.4 is 4.90 Å². The fourth-order valence-corrected chi connectivity index (χ4v) is 7.57. The van der Waals surface area contributed by atoms with Crippen molar-refractivity contribution in [3.05, 3.63) is 206 Å². The topological polar surface area (TPSA) is 29.3 Å². The summed E-state index contributed by atoms with van der Waals surface area (Å²) in [5.74, 6) is 0.625. The summed E-state index contributed by atoms with van der Waals surface area (Å²) in [6.45, 7) is 0. The van der Waals surface area contributed by atoms with E-state index in [4.69, 9.17) is 9.40 Å². The van der Waals surface area contributed by atoms with Gasteiger partial charge in [0, 0.05) is 28.2 Å². The maximum atomic E-state index is 6.39. The molecular formula is C51H34N2O. The summed E-state index contributed by atoms with van der Waals surface area (Å²) in [7, 11) is 0. The van der Waals surface area contributed by atoms with Gasteiger partial charge in [-0.2, -0.15) is 0 Å². The summed E-state index contributed by atoms with van der Waals surface area (Å²) in [5, 5.41) is 4.88. The predicted molar refractivity (Wildman–Crippen MR) is 225 cm³/mol. The Balaban J connectivity index is 1.07. The molecule has 0 unspecified atom stereocenters. The van der Waals surface area contributed by atoms with Crippen molar-refractivity contribution in [1.29, 1.82) is 0 Å². The first kappa shape index (κ1) is 31.5. The Labute approximate surface area is 314 Å². The molecule has 254 valence electrons. The van der Waals surface area contributed by atoms with Crippen LogP contribution in [0.5, 0.6) is 0 Å². The van der Waals surface area contributed by atoms with E-state index in [0.717, 1.165) is 44.9 Å². The minimum Gasteiger partial charge on any atom is -0.435 e. The molecule has 3 heteroatoms. The van der Waals surface area contributed by atoms with Gasteiger partial charge in [-0.25, -0.2) is 4.98 Å². The van der Waals surface area contributed by atoms with Gasteiger partial charge in [0.25, 0.3) is 0 Å². The van der Waals surface area contributed by atoms with E-state index in [2.05, 4.69) is 169 Å². The molecule has 0 saturated heterocycles. The molecule has 0 fully saturated rings. The molecule has 10 rings (SSSR count). The van der Waals surface area contributed by atoms with Crippen molar-refractivity contribution in [3.63, 3.8) is 0 Å². The molecule has 9 aromatic carbocycles. The zero-order valence-corrected chi connectivity index (χ0v) is 29.4. The molecule has 0 saturated carbocycles. The highest BCUT2D eigenvalue weighted by Crippen LogP contribution is 2.40. The lowest BCUT2D eigenvalue weighted by Gasteiger charge is -2.26. The van der Waals surface area contributed by atoms with Gasteiger partial charge in [0.15, 0.2) is 5.58 Å². The maximum Gasteiger partial charge on any atom is 0.227 e. The Morgan fingerprint density at radius 2 is 0.926 bits per heavy atom. The summed E-state index contributed by atoms with van der Waals surface area (Å²) in [6, 6.07) is 73.1. The van der Waals surface area contributed by atoms with Crippen molar-refractivity contribution in [2.45, 2.75) is 0 Å². The van der Waals surface area contributed by atoms with Crippen LogP contribution in [-0.2, 0) is 0 Å². The molecule has 1 aromatic heterocycles. The van der Waals surface area contributed by atoms with E-state index in [0.29, 0.717) is 5.89 Å². The van der Waals surface area contributed by atoms with Crippen molar-refractivity contribution in [2.24, 2.45) is 0 Å². The normalized spacial score (nSPS) is 11.3. The van der Waals surface area contributed by atoms with E-state index in [1.165, 1.54) is 43.8 Å².